The van der Waals surface area contributed by atoms with Crippen molar-refractivity contribution in [2.45, 2.75) is 32.7 Å². The van der Waals surface area contributed by atoms with Gasteiger partial charge in [0.05, 0.1) is 18.6 Å². The molecule has 1 aromatic rings. The first-order valence-corrected chi connectivity index (χ1v) is 9.03. The highest BCUT2D eigenvalue weighted by Gasteiger charge is 2.28. The van der Waals surface area contributed by atoms with Gasteiger partial charge in [-0.25, -0.2) is 4.79 Å². The summed E-state index contributed by atoms with van der Waals surface area (Å²) in [6.07, 6.45) is 2.31. The van der Waals surface area contributed by atoms with Crippen LogP contribution in [0.3, 0.4) is 0 Å². The molecular formula is C19H30N4O3. The van der Waals surface area contributed by atoms with Crippen LogP contribution in [0.5, 0.6) is 5.75 Å². The minimum atomic E-state index is -0.783. The van der Waals surface area contributed by atoms with Gasteiger partial charge in [-0.3, -0.25) is 9.69 Å². The van der Waals surface area contributed by atoms with E-state index < -0.39 is 11.3 Å². The van der Waals surface area contributed by atoms with Crippen molar-refractivity contribution in [2.24, 2.45) is 11.1 Å². The van der Waals surface area contributed by atoms with E-state index in [0.717, 1.165) is 37.2 Å². The third kappa shape index (κ3) is 5.11. The maximum atomic E-state index is 12.2. The van der Waals surface area contributed by atoms with Crippen molar-refractivity contribution < 1.29 is 14.3 Å². The molecule has 3 amide bonds. The lowest BCUT2D eigenvalue weighted by atomic mass is 9.93. The Hall–Kier alpha value is -2.28. The Balaban J connectivity index is 2.01. The molecule has 2 rings (SSSR count). The number of ether oxygens (including phenoxy) is 1. The average Bonchev–Trinajstić information content (AvgIpc) is 3.15. The van der Waals surface area contributed by atoms with E-state index in [1.807, 2.05) is 24.3 Å². The third-order valence-electron chi connectivity index (χ3n) is 4.89. The number of para-hydroxylation sites is 1. The topological polar surface area (TPSA) is 96.7 Å². The summed E-state index contributed by atoms with van der Waals surface area (Å²) in [5.74, 6) is 0.378. The highest BCUT2D eigenvalue weighted by atomic mass is 16.5. The molecule has 1 aliphatic rings. The summed E-state index contributed by atoms with van der Waals surface area (Å²) in [6.45, 7) is 6.07. The predicted octanol–water partition coefficient (Wildman–Crippen LogP) is 1.64. The number of likely N-dealkylation sites (tertiary alicyclic amines) is 1. The van der Waals surface area contributed by atoms with Crippen molar-refractivity contribution in [3.05, 3.63) is 29.8 Å². The number of nitrogens with one attached hydrogen (secondary N) is 2. The van der Waals surface area contributed by atoms with Crippen LogP contribution in [0.1, 0.15) is 38.3 Å². The smallest absolute Gasteiger partial charge is 0.314 e. The molecule has 1 aliphatic heterocycles. The number of carbonyl (C=O) groups excluding carboxylic acids is 2. The number of rotatable bonds is 8. The first kappa shape index (κ1) is 20.0. The summed E-state index contributed by atoms with van der Waals surface area (Å²) in [6, 6.07) is 7.64. The Labute approximate surface area is 155 Å². The van der Waals surface area contributed by atoms with Crippen molar-refractivity contribution in [3.63, 3.8) is 0 Å². The lowest BCUT2D eigenvalue weighted by Crippen LogP contribution is -2.47. The summed E-state index contributed by atoms with van der Waals surface area (Å²) in [4.78, 5) is 25.9. The number of amides is 3. The second-order valence-corrected chi connectivity index (χ2v) is 7.31. The summed E-state index contributed by atoms with van der Waals surface area (Å²) < 4.78 is 5.50. The van der Waals surface area contributed by atoms with Crippen LogP contribution in [0.2, 0.25) is 0 Å². The Kier molecular flexibility index (Phi) is 6.85. The van der Waals surface area contributed by atoms with E-state index >= 15 is 0 Å². The lowest BCUT2D eigenvalue weighted by molar-refractivity contribution is -0.125. The van der Waals surface area contributed by atoms with E-state index in [-0.39, 0.29) is 18.6 Å². The van der Waals surface area contributed by atoms with Crippen molar-refractivity contribution in [1.82, 2.24) is 15.5 Å². The molecule has 0 aromatic heterocycles. The van der Waals surface area contributed by atoms with Crippen molar-refractivity contribution >= 4 is 11.9 Å². The fourth-order valence-electron chi connectivity index (χ4n) is 3.07. The number of nitrogens with two attached hydrogens (primary N) is 1. The summed E-state index contributed by atoms with van der Waals surface area (Å²) in [5, 5.41) is 5.65. The van der Waals surface area contributed by atoms with Crippen LogP contribution < -0.4 is 21.1 Å². The van der Waals surface area contributed by atoms with Crippen molar-refractivity contribution in [1.29, 1.82) is 0 Å². The van der Waals surface area contributed by atoms with E-state index in [1.54, 1.807) is 21.0 Å². The number of hydrogen-bond donors (Lipinski definition) is 3. The molecule has 144 valence electrons. The van der Waals surface area contributed by atoms with E-state index in [0.29, 0.717) is 6.54 Å². The normalized spacial score (nSPS) is 16.1. The van der Waals surface area contributed by atoms with Gasteiger partial charge >= 0.3 is 6.03 Å². The lowest BCUT2D eigenvalue weighted by Gasteiger charge is -2.29. The molecule has 1 saturated heterocycles. The van der Waals surface area contributed by atoms with E-state index in [2.05, 4.69) is 15.5 Å². The van der Waals surface area contributed by atoms with Gasteiger partial charge in [0.15, 0.2) is 0 Å². The highest BCUT2D eigenvalue weighted by molar-refractivity contribution is 5.81. The maximum Gasteiger partial charge on any atom is 0.314 e. The molecule has 0 radical (unpaired) electrons. The molecule has 7 nitrogen and oxygen atoms in total. The van der Waals surface area contributed by atoms with Crippen LogP contribution in [0.15, 0.2) is 24.3 Å². The molecule has 0 spiro atoms. The average molecular weight is 362 g/mol. The first-order valence-electron chi connectivity index (χ1n) is 9.03. The fourth-order valence-corrected chi connectivity index (χ4v) is 3.07. The van der Waals surface area contributed by atoms with Crippen LogP contribution in [0.25, 0.3) is 0 Å². The molecule has 1 unspecified atom stereocenters. The first-order chi connectivity index (χ1) is 12.3. The van der Waals surface area contributed by atoms with Gasteiger partial charge in [0.1, 0.15) is 5.75 Å². The molecule has 4 N–H and O–H groups in total. The third-order valence-corrected chi connectivity index (χ3v) is 4.89. The number of nitrogens with zero attached hydrogens (tertiary/aromatic N) is 1. The quantitative estimate of drug-likeness (QED) is 0.655. The minimum Gasteiger partial charge on any atom is -0.496 e. The standard InChI is InChI=1S/C19H30N4O3/c1-19(2,17(20)24)13-22-18(25)21-12-15(23-10-6-7-11-23)14-8-4-5-9-16(14)26-3/h4-5,8-9,15H,6-7,10-13H2,1-3H3,(H2,20,24)(H2,21,22,25). The molecule has 1 aromatic carbocycles. The van der Waals surface area contributed by atoms with E-state index in [4.69, 9.17) is 10.5 Å². The Morgan fingerprint density at radius 3 is 2.50 bits per heavy atom. The van der Waals surface area contributed by atoms with Crippen LogP contribution in [0.4, 0.5) is 4.79 Å². The maximum absolute atomic E-state index is 12.2. The zero-order valence-electron chi connectivity index (χ0n) is 15.9. The zero-order valence-corrected chi connectivity index (χ0v) is 15.9. The number of carbonyl (C=O) groups is 2. The Morgan fingerprint density at radius 2 is 1.88 bits per heavy atom. The van der Waals surface area contributed by atoms with Crippen molar-refractivity contribution in [2.75, 3.05) is 33.3 Å². The fraction of sp³-hybridized carbons (Fsp3) is 0.579. The van der Waals surface area contributed by atoms with Crippen LogP contribution in [-0.2, 0) is 4.79 Å². The molecule has 1 heterocycles. The zero-order chi connectivity index (χ0) is 19.2. The molecule has 1 atom stereocenters. The number of primary amides is 1. The van der Waals surface area contributed by atoms with Gasteiger partial charge in [-0.05, 0) is 45.8 Å². The van der Waals surface area contributed by atoms with Gasteiger partial charge in [-0.1, -0.05) is 18.2 Å². The SMILES string of the molecule is COc1ccccc1C(CNC(=O)NCC(C)(C)C(N)=O)N1CCCC1. The number of methoxy groups -OCH3 is 1. The van der Waals surface area contributed by atoms with E-state index in [1.165, 1.54) is 0 Å². The van der Waals surface area contributed by atoms with Crippen LogP contribution in [0, 0.1) is 5.41 Å². The Bertz CT molecular complexity index is 627. The van der Waals surface area contributed by atoms with Gasteiger partial charge in [-0.15, -0.1) is 0 Å². The largest absolute Gasteiger partial charge is 0.496 e. The number of urea groups is 1. The van der Waals surface area contributed by atoms with Crippen LogP contribution >= 0.6 is 0 Å². The van der Waals surface area contributed by atoms with E-state index in [9.17, 15) is 9.59 Å². The molecular weight excluding hydrogens is 332 g/mol. The molecule has 0 aliphatic carbocycles. The van der Waals surface area contributed by atoms with Gasteiger partial charge in [0.25, 0.3) is 0 Å². The van der Waals surface area contributed by atoms with Gasteiger partial charge < -0.3 is 21.1 Å². The van der Waals surface area contributed by atoms with Gasteiger partial charge in [-0.2, -0.15) is 0 Å². The van der Waals surface area contributed by atoms with Crippen LogP contribution in [-0.4, -0.2) is 50.1 Å². The molecule has 26 heavy (non-hydrogen) atoms. The second kappa shape index (κ2) is 8.89. The summed E-state index contributed by atoms with van der Waals surface area (Å²) >= 11 is 0. The number of benzene rings is 1. The van der Waals surface area contributed by atoms with Gasteiger partial charge in [0.2, 0.25) is 5.91 Å². The molecule has 0 bridgehead atoms. The van der Waals surface area contributed by atoms with Crippen molar-refractivity contribution in [3.8, 4) is 5.75 Å². The molecule has 1 fully saturated rings. The molecule has 7 heteroatoms. The summed E-state index contributed by atoms with van der Waals surface area (Å²) in [7, 11) is 1.66. The second-order valence-electron chi connectivity index (χ2n) is 7.31. The molecule has 0 saturated carbocycles. The highest BCUT2D eigenvalue weighted by Crippen LogP contribution is 2.31. The number of hydrogen-bond acceptors (Lipinski definition) is 4. The predicted molar refractivity (Wildman–Crippen MR) is 101 cm³/mol. The summed E-state index contributed by atoms with van der Waals surface area (Å²) in [5.41, 5.74) is 5.62. The monoisotopic (exact) mass is 362 g/mol. The Morgan fingerprint density at radius 1 is 1.23 bits per heavy atom. The minimum absolute atomic E-state index is 0.0450. The van der Waals surface area contributed by atoms with Gasteiger partial charge in [0, 0.05) is 18.7 Å².